The molecule has 0 aliphatic heterocycles. The summed E-state index contributed by atoms with van der Waals surface area (Å²) in [7, 11) is 3.26. The number of nitrogens with zero attached hydrogens (tertiary/aromatic N) is 1. The van der Waals surface area contributed by atoms with Gasteiger partial charge < -0.3 is 19.7 Å². The lowest BCUT2D eigenvalue weighted by Gasteiger charge is -2.10. The summed E-state index contributed by atoms with van der Waals surface area (Å²) in [6.45, 7) is 0. The van der Waals surface area contributed by atoms with Crippen LogP contribution in [0, 0.1) is 0 Å². The Morgan fingerprint density at radius 1 is 1.26 bits per heavy atom. The number of methoxy groups -OCH3 is 2. The number of hydrogen-bond acceptors (Lipinski definition) is 5. The van der Waals surface area contributed by atoms with E-state index in [1.54, 1.807) is 14.2 Å². The van der Waals surface area contributed by atoms with Crippen LogP contribution in [0.15, 0.2) is 22.7 Å². The van der Waals surface area contributed by atoms with Crippen LogP contribution in [-0.2, 0) is 0 Å². The highest BCUT2D eigenvalue weighted by Gasteiger charge is 2.32. The van der Waals surface area contributed by atoms with Crippen molar-refractivity contribution < 1.29 is 14.0 Å². The first-order valence-electron chi connectivity index (χ1n) is 6.22. The topological polar surface area (TPSA) is 70.5 Å². The molecule has 1 aromatic carbocycles. The van der Waals surface area contributed by atoms with Crippen molar-refractivity contribution in [3.8, 4) is 22.6 Å². The molecule has 1 aromatic heterocycles. The van der Waals surface area contributed by atoms with Crippen LogP contribution in [0.5, 0.6) is 11.5 Å². The molecule has 1 saturated carbocycles. The summed E-state index contributed by atoms with van der Waals surface area (Å²) in [5, 5.41) is 4.09. The fourth-order valence-corrected chi connectivity index (χ4v) is 2.23. The molecule has 2 aromatic rings. The van der Waals surface area contributed by atoms with Crippen LogP contribution in [0.2, 0.25) is 0 Å². The average molecular weight is 260 g/mol. The SMILES string of the molecule is COc1ccc(OC)c(-c2c(C3CC3)noc2N)c1. The molecule has 0 bridgehead atoms. The van der Waals surface area contributed by atoms with Gasteiger partial charge in [-0.1, -0.05) is 5.16 Å². The fourth-order valence-electron chi connectivity index (χ4n) is 2.23. The van der Waals surface area contributed by atoms with E-state index in [9.17, 15) is 0 Å². The third kappa shape index (κ3) is 2.01. The summed E-state index contributed by atoms with van der Waals surface area (Å²) >= 11 is 0. The Morgan fingerprint density at radius 3 is 2.68 bits per heavy atom. The van der Waals surface area contributed by atoms with Crippen molar-refractivity contribution in [3.05, 3.63) is 23.9 Å². The van der Waals surface area contributed by atoms with E-state index in [1.807, 2.05) is 18.2 Å². The van der Waals surface area contributed by atoms with E-state index in [0.717, 1.165) is 41.2 Å². The molecule has 5 nitrogen and oxygen atoms in total. The van der Waals surface area contributed by atoms with Gasteiger partial charge in [0.05, 0.1) is 25.5 Å². The smallest absolute Gasteiger partial charge is 0.230 e. The summed E-state index contributed by atoms with van der Waals surface area (Å²) in [5.74, 6) is 2.26. The zero-order chi connectivity index (χ0) is 13.4. The number of benzene rings is 1. The first-order valence-corrected chi connectivity index (χ1v) is 6.22. The van der Waals surface area contributed by atoms with Crippen LogP contribution >= 0.6 is 0 Å². The van der Waals surface area contributed by atoms with Crippen molar-refractivity contribution in [3.63, 3.8) is 0 Å². The molecule has 100 valence electrons. The van der Waals surface area contributed by atoms with Crippen molar-refractivity contribution >= 4 is 5.88 Å². The zero-order valence-electron chi connectivity index (χ0n) is 11.0. The van der Waals surface area contributed by atoms with Gasteiger partial charge in [-0.2, -0.15) is 0 Å². The van der Waals surface area contributed by atoms with Crippen molar-refractivity contribution in [2.75, 3.05) is 20.0 Å². The predicted octanol–water partition coefficient (Wildman–Crippen LogP) is 2.82. The molecule has 1 aliphatic carbocycles. The second-order valence-corrected chi connectivity index (χ2v) is 4.65. The molecular weight excluding hydrogens is 244 g/mol. The molecule has 5 heteroatoms. The second kappa shape index (κ2) is 4.50. The lowest BCUT2D eigenvalue weighted by atomic mass is 10.0. The van der Waals surface area contributed by atoms with E-state index in [2.05, 4.69) is 5.16 Å². The van der Waals surface area contributed by atoms with Crippen LogP contribution < -0.4 is 15.2 Å². The highest BCUT2D eigenvalue weighted by Crippen LogP contribution is 2.48. The van der Waals surface area contributed by atoms with Gasteiger partial charge in [-0.3, -0.25) is 0 Å². The Hall–Kier alpha value is -2.17. The first-order chi connectivity index (χ1) is 9.24. The van der Waals surface area contributed by atoms with Gasteiger partial charge in [-0.25, -0.2) is 0 Å². The van der Waals surface area contributed by atoms with E-state index in [-0.39, 0.29) is 0 Å². The molecule has 0 unspecified atom stereocenters. The van der Waals surface area contributed by atoms with Crippen molar-refractivity contribution in [1.82, 2.24) is 5.16 Å². The fraction of sp³-hybridized carbons (Fsp3) is 0.357. The zero-order valence-corrected chi connectivity index (χ0v) is 11.0. The Bertz CT molecular complexity index is 603. The number of rotatable bonds is 4. The Kier molecular flexibility index (Phi) is 2.81. The molecule has 2 N–H and O–H groups in total. The summed E-state index contributed by atoms with van der Waals surface area (Å²) in [6, 6.07) is 5.60. The molecule has 19 heavy (non-hydrogen) atoms. The minimum Gasteiger partial charge on any atom is -0.497 e. The Morgan fingerprint density at radius 2 is 2.05 bits per heavy atom. The third-order valence-corrected chi connectivity index (χ3v) is 3.38. The molecule has 0 saturated heterocycles. The highest BCUT2D eigenvalue weighted by molar-refractivity contribution is 5.81. The Balaban J connectivity index is 2.17. The molecule has 0 spiro atoms. The number of anilines is 1. The van der Waals surface area contributed by atoms with Crippen LogP contribution in [0.25, 0.3) is 11.1 Å². The number of ether oxygens (including phenoxy) is 2. The van der Waals surface area contributed by atoms with E-state index < -0.39 is 0 Å². The molecule has 1 aliphatic rings. The van der Waals surface area contributed by atoms with E-state index >= 15 is 0 Å². The number of nitrogen functional groups attached to an aromatic ring is 1. The second-order valence-electron chi connectivity index (χ2n) is 4.65. The lowest BCUT2D eigenvalue weighted by molar-refractivity contribution is 0.404. The summed E-state index contributed by atoms with van der Waals surface area (Å²) in [6.07, 6.45) is 2.26. The van der Waals surface area contributed by atoms with Gasteiger partial charge in [0.1, 0.15) is 11.5 Å². The molecule has 0 radical (unpaired) electrons. The standard InChI is InChI=1S/C14H16N2O3/c1-17-9-5-6-11(18-2)10(7-9)12-13(8-3-4-8)16-19-14(12)15/h5-8H,3-4,15H2,1-2H3. The van der Waals surface area contributed by atoms with Gasteiger partial charge in [0.25, 0.3) is 0 Å². The van der Waals surface area contributed by atoms with Gasteiger partial charge in [0.2, 0.25) is 5.88 Å². The maximum atomic E-state index is 5.93. The maximum Gasteiger partial charge on any atom is 0.230 e. The van der Waals surface area contributed by atoms with E-state index in [1.165, 1.54) is 0 Å². The van der Waals surface area contributed by atoms with Gasteiger partial charge in [0, 0.05) is 11.5 Å². The van der Waals surface area contributed by atoms with Gasteiger partial charge in [0.15, 0.2) is 0 Å². The molecule has 3 rings (SSSR count). The van der Waals surface area contributed by atoms with E-state index in [0.29, 0.717) is 11.8 Å². The molecule has 1 heterocycles. The number of nitrogens with two attached hydrogens (primary N) is 1. The summed E-state index contributed by atoms with van der Waals surface area (Å²) < 4.78 is 15.8. The van der Waals surface area contributed by atoms with Gasteiger partial charge in [-0.15, -0.1) is 0 Å². The summed E-state index contributed by atoms with van der Waals surface area (Å²) in [5.41, 5.74) is 8.54. The minimum absolute atomic E-state index is 0.327. The monoisotopic (exact) mass is 260 g/mol. The van der Waals surface area contributed by atoms with Crippen LogP contribution in [0.4, 0.5) is 5.88 Å². The van der Waals surface area contributed by atoms with Crippen molar-refractivity contribution in [2.45, 2.75) is 18.8 Å². The number of aromatic nitrogens is 1. The molecule has 1 fully saturated rings. The molecule has 0 atom stereocenters. The van der Waals surface area contributed by atoms with Crippen LogP contribution in [0.3, 0.4) is 0 Å². The first kappa shape index (κ1) is 11.9. The maximum absolute atomic E-state index is 5.93. The van der Waals surface area contributed by atoms with E-state index in [4.69, 9.17) is 19.7 Å². The van der Waals surface area contributed by atoms with Crippen LogP contribution in [0.1, 0.15) is 24.5 Å². The van der Waals surface area contributed by atoms with Gasteiger partial charge >= 0.3 is 0 Å². The van der Waals surface area contributed by atoms with Crippen LogP contribution in [-0.4, -0.2) is 19.4 Å². The molecule has 0 amide bonds. The normalized spacial score (nSPS) is 14.4. The lowest BCUT2D eigenvalue weighted by Crippen LogP contribution is -1.94. The minimum atomic E-state index is 0.327. The molecular formula is C14H16N2O3. The third-order valence-electron chi connectivity index (χ3n) is 3.38. The van der Waals surface area contributed by atoms with Gasteiger partial charge in [-0.05, 0) is 31.0 Å². The summed E-state index contributed by atoms with van der Waals surface area (Å²) in [4.78, 5) is 0. The Labute approximate surface area is 111 Å². The average Bonchev–Trinajstić information content (AvgIpc) is 3.21. The van der Waals surface area contributed by atoms with Crippen molar-refractivity contribution in [2.24, 2.45) is 0 Å². The highest BCUT2D eigenvalue weighted by atomic mass is 16.5. The van der Waals surface area contributed by atoms with Crippen molar-refractivity contribution in [1.29, 1.82) is 0 Å². The quantitative estimate of drug-likeness (QED) is 0.915. The largest absolute Gasteiger partial charge is 0.497 e. The predicted molar refractivity (Wildman–Crippen MR) is 71.4 cm³/mol. The number of hydrogen-bond donors (Lipinski definition) is 1.